The number of fused-ring (bicyclic) bond motifs is 1. The van der Waals surface area contributed by atoms with Gasteiger partial charge in [0.05, 0.1) is 5.39 Å². The summed E-state index contributed by atoms with van der Waals surface area (Å²) in [5, 5.41) is 0.567. The fourth-order valence-corrected chi connectivity index (χ4v) is 1.50. The average molecular weight is 194 g/mol. The summed E-state index contributed by atoms with van der Waals surface area (Å²) in [6, 6.07) is 1.72. The zero-order valence-electron chi connectivity index (χ0n) is 8.56. The van der Waals surface area contributed by atoms with Crippen molar-refractivity contribution in [3.8, 4) is 0 Å². The van der Waals surface area contributed by atoms with Crippen LogP contribution in [0, 0.1) is 5.82 Å². The fraction of sp³-hybridized carbons (Fsp3) is 0.364. The summed E-state index contributed by atoms with van der Waals surface area (Å²) in [7, 11) is 0. The first-order chi connectivity index (χ1) is 6.50. The van der Waals surface area contributed by atoms with Crippen LogP contribution in [0.1, 0.15) is 27.8 Å². The van der Waals surface area contributed by atoms with E-state index in [1.807, 2.05) is 20.8 Å². The molecule has 2 aromatic rings. The molecule has 0 amide bonds. The third-order valence-electron chi connectivity index (χ3n) is 2.33. The number of rotatable bonds is 0. The van der Waals surface area contributed by atoms with Crippen LogP contribution in [-0.4, -0.2) is 9.97 Å². The van der Waals surface area contributed by atoms with Crippen molar-refractivity contribution in [2.24, 2.45) is 0 Å². The van der Waals surface area contributed by atoms with Gasteiger partial charge in [-0.3, -0.25) is 0 Å². The molecule has 0 atom stereocenters. The second kappa shape index (κ2) is 2.80. The molecule has 0 aliphatic rings. The number of aromatic amines is 1. The van der Waals surface area contributed by atoms with Crippen molar-refractivity contribution in [3.05, 3.63) is 29.8 Å². The smallest absolute Gasteiger partial charge is 0.140 e. The molecule has 0 saturated carbocycles. The Kier molecular flexibility index (Phi) is 1.84. The molecular weight excluding hydrogens is 179 g/mol. The maximum absolute atomic E-state index is 13.9. The van der Waals surface area contributed by atoms with Crippen molar-refractivity contribution in [2.45, 2.75) is 26.2 Å². The first-order valence-corrected chi connectivity index (χ1v) is 4.62. The zero-order chi connectivity index (χ0) is 10.3. The standard InChI is InChI=1S/C11H13FN2.H2/c1-11(2,3)8-6-14-10-7(9(8)12)4-5-13-10;/h4-6H,1-3H3,(H,13,14);1H. The molecule has 2 heterocycles. The van der Waals surface area contributed by atoms with Gasteiger partial charge in [-0.25, -0.2) is 9.37 Å². The van der Waals surface area contributed by atoms with E-state index in [0.717, 1.165) is 0 Å². The van der Waals surface area contributed by atoms with Gasteiger partial charge in [-0.15, -0.1) is 0 Å². The molecule has 2 aromatic heterocycles. The molecule has 3 heteroatoms. The highest BCUT2D eigenvalue weighted by Gasteiger charge is 2.20. The van der Waals surface area contributed by atoms with Crippen LogP contribution in [0.3, 0.4) is 0 Å². The highest BCUT2D eigenvalue weighted by Crippen LogP contribution is 2.27. The van der Waals surface area contributed by atoms with E-state index in [9.17, 15) is 4.39 Å². The van der Waals surface area contributed by atoms with E-state index >= 15 is 0 Å². The highest BCUT2D eigenvalue weighted by molar-refractivity contribution is 5.76. The van der Waals surface area contributed by atoms with Crippen LogP contribution in [0.25, 0.3) is 11.0 Å². The van der Waals surface area contributed by atoms with E-state index in [2.05, 4.69) is 9.97 Å². The molecule has 0 aliphatic heterocycles. The van der Waals surface area contributed by atoms with E-state index in [4.69, 9.17) is 0 Å². The summed E-state index contributed by atoms with van der Waals surface area (Å²) in [6.07, 6.45) is 3.31. The van der Waals surface area contributed by atoms with Gasteiger partial charge in [0.1, 0.15) is 11.5 Å². The van der Waals surface area contributed by atoms with Crippen LogP contribution in [-0.2, 0) is 5.41 Å². The average Bonchev–Trinajstić information content (AvgIpc) is 2.50. The molecule has 2 nitrogen and oxygen atoms in total. The van der Waals surface area contributed by atoms with Gasteiger partial charge in [-0.05, 0) is 11.5 Å². The van der Waals surface area contributed by atoms with Crippen molar-refractivity contribution in [1.29, 1.82) is 0 Å². The van der Waals surface area contributed by atoms with Gasteiger partial charge in [0.25, 0.3) is 0 Å². The minimum atomic E-state index is -0.206. The molecule has 2 rings (SSSR count). The quantitative estimate of drug-likeness (QED) is 0.685. The van der Waals surface area contributed by atoms with Gasteiger partial charge in [0, 0.05) is 19.4 Å². The van der Waals surface area contributed by atoms with Gasteiger partial charge >= 0.3 is 0 Å². The van der Waals surface area contributed by atoms with Crippen molar-refractivity contribution in [2.75, 3.05) is 0 Å². The van der Waals surface area contributed by atoms with Crippen LogP contribution in [0.2, 0.25) is 0 Å². The molecule has 0 aliphatic carbocycles. The van der Waals surface area contributed by atoms with Crippen molar-refractivity contribution in [3.63, 3.8) is 0 Å². The number of aromatic nitrogens is 2. The maximum Gasteiger partial charge on any atom is 0.140 e. The molecule has 0 unspecified atom stereocenters. The predicted octanol–water partition coefficient (Wildman–Crippen LogP) is 3.25. The molecular formula is C11H15FN2. The van der Waals surface area contributed by atoms with Crippen molar-refractivity contribution in [1.82, 2.24) is 9.97 Å². The fourth-order valence-electron chi connectivity index (χ4n) is 1.50. The first kappa shape index (κ1) is 9.19. The zero-order valence-corrected chi connectivity index (χ0v) is 8.56. The Labute approximate surface area is 83.7 Å². The van der Waals surface area contributed by atoms with Crippen molar-refractivity contribution >= 4 is 11.0 Å². The van der Waals surface area contributed by atoms with Crippen LogP contribution in [0.15, 0.2) is 18.5 Å². The lowest BCUT2D eigenvalue weighted by Crippen LogP contribution is -2.14. The lowest BCUT2D eigenvalue weighted by atomic mass is 9.87. The maximum atomic E-state index is 13.9. The number of H-pyrrole nitrogens is 1. The Morgan fingerprint density at radius 3 is 2.79 bits per heavy atom. The largest absolute Gasteiger partial charge is 0.346 e. The SMILES string of the molecule is CC(C)(C)c1cnc2[nH]ccc2c1F.[HH]. The Hall–Kier alpha value is -1.38. The molecule has 0 saturated heterocycles. The van der Waals surface area contributed by atoms with Gasteiger partial charge < -0.3 is 4.98 Å². The van der Waals surface area contributed by atoms with Gasteiger partial charge in [-0.2, -0.15) is 0 Å². The molecule has 0 spiro atoms. The number of hydrogen-bond donors (Lipinski definition) is 1. The first-order valence-electron chi connectivity index (χ1n) is 4.62. The van der Waals surface area contributed by atoms with Gasteiger partial charge in [0.15, 0.2) is 0 Å². The number of nitrogens with zero attached hydrogens (tertiary/aromatic N) is 1. The number of halogens is 1. The number of hydrogen-bond acceptors (Lipinski definition) is 1. The molecule has 76 valence electrons. The van der Waals surface area contributed by atoms with Crippen LogP contribution < -0.4 is 0 Å². The lowest BCUT2D eigenvalue weighted by Gasteiger charge is -2.19. The van der Waals surface area contributed by atoms with Crippen LogP contribution in [0.5, 0.6) is 0 Å². The monoisotopic (exact) mass is 194 g/mol. The summed E-state index contributed by atoms with van der Waals surface area (Å²) in [6.45, 7) is 5.93. The molecule has 0 fully saturated rings. The Morgan fingerprint density at radius 2 is 2.14 bits per heavy atom. The van der Waals surface area contributed by atoms with E-state index in [1.165, 1.54) is 0 Å². The summed E-state index contributed by atoms with van der Waals surface area (Å²) < 4.78 is 13.9. The highest BCUT2D eigenvalue weighted by atomic mass is 19.1. The van der Waals surface area contributed by atoms with Crippen LogP contribution in [0.4, 0.5) is 4.39 Å². The molecule has 14 heavy (non-hydrogen) atoms. The molecule has 1 N–H and O–H groups in total. The summed E-state index contributed by atoms with van der Waals surface area (Å²) in [4.78, 5) is 7.06. The Bertz CT molecular complexity index is 471. The lowest BCUT2D eigenvalue weighted by molar-refractivity contribution is 0.526. The van der Waals surface area contributed by atoms with Gasteiger partial charge in [0.2, 0.25) is 0 Å². The predicted molar refractivity (Wildman–Crippen MR) is 56.9 cm³/mol. The van der Waals surface area contributed by atoms with E-state index in [1.54, 1.807) is 18.5 Å². The van der Waals surface area contributed by atoms with Gasteiger partial charge in [-0.1, -0.05) is 20.8 Å². The van der Waals surface area contributed by atoms with E-state index in [0.29, 0.717) is 16.6 Å². The number of nitrogens with one attached hydrogen (secondary N) is 1. The van der Waals surface area contributed by atoms with E-state index < -0.39 is 0 Å². The summed E-state index contributed by atoms with van der Waals surface area (Å²) in [5.41, 5.74) is 1.06. The molecule has 0 aromatic carbocycles. The van der Waals surface area contributed by atoms with E-state index in [-0.39, 0.29) is 12.7 Å². The third-order valence-corrected chi connectivity index (χ3v) is 2.33. The molecule has 0 radical (unpaired) electrons. The topological polar surface area (TPSA) is 28.7 Å². The normalized spacial score (nSPS) is 12.3. The van der Waals surface area contributed by atoms with Crippen molar-refractivity contribution < 1.29 is 5.82 Å². The van der Waals surface area contributed by atoms with Crippen LogP contribution >= 0.6 is 0 Å². The Morgan fingerprint density at radius 1 is 1.43 bits per heavy atom. The third kappa shape index (κ3) is 1.29. The molecule has 0 bridgehead atoms. The number of pyridine rings is 1. The summed E-state index contributed by atoms with van der Waals surface area (Å²) >= 11 is 0. The minimum absolute atomic E-state index is 0. The summed E-state index contributed by atoms with van der Waals surface area (Å²) in [5.74, 6) is -0.163. The second-order valence-electron chi connectivity index (χ2n) is 4.48. The second-order valence-corrected chi connectivity index (χ2v) is 4.48. The Balaban J connectivity index is 0.00000112. The minimum Gasteiger partial charge on any atom is -0.346 e.